The average Bonchev–Trinajstić information content (AvgIpc) is 2.93. The molecule has 2 amide bonds. The lowest BCUT2D eigenvalue weighted by molar-refractivity contribution is -0.135. The van der Waals surface area contributed by atoms with Crippen molar-refractivity contribution in [1.29, 1.82) is 0 Å². The zero-order valence-electron chi connectivity index (χ0n) is 11.3. The van der Waals surface area contributed by atoms with E-state index in [1.807, 2.05) is 6.92 Å². The van der Waals surface area contributed by atoms with E-state index in [1.54, 1.807) is 30.3 Å². The summed E-state index contributed by atoms with van der Waals surface area (Å²) in [5, 5.41) is 20.4. The van der Waals surface area contributed by atoms with Crippen molar-refractivity contribution in [1.82, 2.24) is 10.2 Å². The number of hydrogen-bond donors (Lipinski definition) is 2. The Morgan fingerprint density at radius 2 is 2.00 bits per heavy atom. The summed E-state index contributed by atoms with van der Waals surface area (Å²) in [4.78, 5) is 24.3. The Morgan fingerprint density at radius 3 is 2.57 bits per heavy atom. The van der Waals surface area contributed by atoms with E-state index in [0.29, 0.717) is 10.8 Å². The molecule has 0 aliphatic carbocycles. The first kappa shape index (κ1) is 14.9. The summed E-state index contributed by atoms with van der Waals surface area (Å²) in [6.45, 7) is 1.50. The maximum absolute atomic E-state index is 12.2. The minimum Gasteiger partial charge on any atom is -0.480 e. The molecule has 2 rings (SSSR count). The minimum atomic E-state index is -1.10. The van der Waals surface area contributed by atoms with E-state index >= 15 is 0 Å². The number of nitrogens with zero attached hydrogens (tertiary/aromatic N) is 3. The number of anilines is 2. The Bertz CT molecular complexity index is 629. The molecule has 0 saturated carbocycles. The molecule has 0 aliphatic heterocycles. The number of aliphatic carboxylic acids is 1. The zero-order chi connectivity index (χ0) is 15.2. The van der Waals surface area contributed by atoms with E-state index in [1.165, 1.54) is 11.3 Å². The van der Waals surface area contributed by atoms with Crippen LogP contribution in [0.25, 0.3) is 0 Å². The van der Waals surface area contributed by atoms with E-state index in [2.05, 4.69) is 15.5 Å². The minimum absolute atomic E-state index is 0.350. The van der Waals surface area contributed by atoms with Gasteiger partial charge in [0.2, 0.25) is 5.13 Å². The van der Waals surface area contributed by atoms with Crippen molar-refractivity contribution in [3.8, 4) is 0 Å². The SMILES string of the molecule is CCc1nnc(NC(=O)N(CC(=O)O)c2ccccc2)s1. The van der Waals surface area contributed by atoms with Gasteiger partial charge in [0.1, 0.15) is 11.6 Å². The number of aromatic nitrogens is 2. The molecule has 2 aromatic rings. The van der Waals surface area contributed by atoms with Crippen molar-refractivity contribution in [2.75, 3.05) is 16.8 Å². The first-order valence-corrected chi connectivity index (χ1v) is 7.09. The van der Waals surface area contributed by atoms with Gasteiger partial charge in [-0.2, -0.15) is 0 Å². The number of rotatable bonds is 5. The normalized spacial score (nSPS) is 10.1. The van der Waals surface area contributed by atoms with Crippen molar-refractivity contribution in [3.05, 3.63) is 35.3 Å². The predicted molar refractivity (Wildman–Crippen MR) is 79.7 cm³/mol. The van der Waals surface area contributed by atoms with Gasteiger partial charge in [-0.05, 0) is 18.6 Å². The number of carbonyl (C=O) groups is 2. The number of nitrogens with one attached hydrogen (secondary N) is 1. The second-order valence-corrected chi connectivity index (χ2v) is 5.16. The Morgan fingerprint density at radius 1 is 1.29 bits per heavy atom. The summed E-state index contributed by atoms with van der Waals surface area (Å²) in [5.41, 5.74) is 0.498. The highest BCUT2D eigenvalue weighted by atomic mass is 32.1. The summed E-state index contributed by atoms with van der Waals surface area (Å²) in [5.74, 6) is -1.10. The van der Waals surface area contributed by atoms with E-state index in [9.17, 15) is 9.59 Å². The van der Waals surface area contributed by atoms with Crippen LogP contribution in [0.2, 0.25) is 0 Å². The van der Waals surface area contributed by atoms with E-state index in [4.69, 9.17) is 5.11 Å². The number of carbonyl (C=O) groups excluding carboxylic acids is 1. The van der Waals surface area contributed by atoms with E-state index < -0.39 is 18.5 Å². The van der Waals surface area contributed by atoms with Crippen molar-refractivity contribution in [2.45, 2.75) is 13.3 Å². The number of para-hydroxylation sites is 1. The van der Waals surface area contributed by atoms with Crippen LogP contribution in [-0.2, 0) is 11.2 Å². The third kappa shape index (κ3) is 3.99. The summed E-state index contributed by atoms with van der Waals surface area (Å²) < 4.78 is 0. The third-order valence-electron chi connectivity index (χ3n) is 2.59. The summed E-state index contributed by atoms with van der Waals surface area (Å²) in [7, 11) is 0. The molecule has 0 fully saturated rings. The van der Waals surface area contributed by atoms with Crippen LogP contribution in [0.5, 0.6) is 0 Å². The molecule has 2 N–H and O–H groups in total. The van der Waals surface area contributed by atoms with Crippen LogP contribution in [0.15, 0.2) is 30.3 Å². The van der Waals surface area contributed by atoms with Gasteiger partial charge in [0, 0.05) is 5.69 Å². The second-order valence-electron chi connectivity index (χ2n) is 4.10. The summed E-state index contributed by atoms with van der Waals surface area (Å²) in [6.07, 6.45) is 0.727. The smallest absolute Gasteiger partial charge is 0.328 e. The Balaban J connectivity index is 2.16. The van der Waals surface area contributed by atoms with Gasteiger partial charge in [0.25, 0.3) is 0 Å². The Kier molecular flexibility index (Phi) is 4.83. The molecular weight excluding hydrogens is 292 g/mol. The standard InChI is InChI=1S/C13H14N4O3S/c1-2-10-15-16-12(21-10)14-13(20)17(8-11(18)19)9-6-4-3-5-7-9/h3-7H,2,8H2,1H3,(H,18,19)(H,14,16,20). The highest BCUT2D eigenvalue weighted by Crippen LogP contribution is 2.18. The van der Waals surface area contributed by atoms with Gasteiger partial charge in [-0.15, -0.1) is 10.2 Å². The fourth-order valence-corrected chi connectivity index (χ4v) is 2.30. The molecule has 21 heavy (non-hydrogen) atoms. The first-order valence-electron chi connectivity index (χ1n) is 6.28. The topological polar surface area (TPSA) is 95.4 Å². The quantitative estimate of drug-likeness (QED) is 0.883. The van der Waals surface area contributed by atoms with Gasteiger partial charge >= 0.3 is 12.0 Å². The Hall–Kier alpha value is -2.48. The van der Waals surface area contributed by atoms with E-state index in [-0.39, 0.29) is 0 Å². The highest BCUT2D eigenvalue weighted by Gasteiger charge is 2.20. The number of carboxylic acid groups (broad SMARTS) is 1. The molecule has 0 bridgehead atoms. The fraction of sp³-hybridized carbons (Fsp3) is 0.231. The first-order chi connectivity index (χ1) is 10.1. The van der Waals surface area contributed by atoms with Crippen LogP contribution >= 0.6 is 11.3 Å². The molecule has 1 heterocycles. The van der Waals surface area contributed by atoms with Crippen molar-refractivity contribution < 1.29 is 14.7 Å². The van der Waals surface area contributed by atoms with Crippen LogP contribution in [0.1, 0.15) is 11.9 Å². The molecule has 8 heteroatoms. The van der Waals surface area contributed by atoms with Crippen molar-refractivity contribution in [3.63, 3.8) is 0 Å². The molecule has 0 spiro atoms. The monoisotopic (exact) mass is 306 g/mol. The van der Waals surface area contributed by atoms with Crippen molar-refractivity contribution >= 4 is 34.2 Å². The van der Waals surface area contributed by atoms with E-state index in [0.717, 1.165) is 16.3 Å². The maximum Gasteiger partial charge on any atom is 0.328 e. The molecule has 0 atom stereocenters. The Labute approximate surface area is 125 Å². The molecule has 110 valence electrons. The predicted octanol–water partition coefficient (Wildman–Crippen LogP) is 2.22. The number of aryl methyl sites for hydroxylation is 1. The lowest BCUT2D eigenvalue weighted by Gasteiger charge is -2.20. The highest BCUT2D eigenvalue weighted by molar-refractivity contribution is 7.15. The summed E-state index contributed by atoms with van der Waals surface area (Å²) in [6, 6.07) is 8.04. The van der Waals surface area contributed by atoms with Gasteiger partial charge in [-0.1, -0.05) is 36.5 Å². The second kappa shape index (κ2) is 6.80. The number of amides is 2. The molecule has 7 nitrogen and oxygen atoms in total. The van der Waals surface area contributed by atoms with Gasteiger partial charge in [0.15, 0.2) is 0 Å². The van der Waals surface area contributed by atoms with Gasteiger partial charge in [-0.3, -0.25) is 15.0 Å². The maximum atomic E-state index is 12.2. The lowest BCUT2D eigenvalue weighted by Crippen LogP contribution is -2.38. The van der Waals surface area contributed by atoms with Crippen LogP contribution < -0.4 is 10.2 Å². The lowest BCUT2D eigenvalue weighted by atomic mass is 10.3. The van der Waals surface area contributed by atoms with Crippen LogP contribution in [-0.4, -0.2) is 33.8 Å². The van der Waals surface area contributed by atoms with Crippen LogP contribution in [0.4, 0.5) is 15.6 Å². The largest absolute Gasteiger partial charge is 0.480 e. The van der Waals surface area contributed by atoms with Gasteiger partial charge in [0.05, 0.1) is 0 Å². The molecule has 0 saturated heterocycles. The van der Waals surface area contributed by atoms with Crippen LogP contribution in [0, 0.1) is 0 Å². The summed E-state index contributed by atoms with van der Waals surface area (Å²) >= 11 is 1.26. The molecule has 1 aromatic heterocycles. The van der Waals surface area contributed by atoms with Crippen LogP contribution in [0.3, 0.4) is 0 Å². The molecule has 0 unspecified atom stereocenters. The molecular formula is C13H14N4O3S. The number of carboxylic acids is 1. The number of benzene rings is 1. The zero-order valence-corrected chi connectivity index (χ0v) is 12.1. The molecule has 0 radical (unpaired) electrons. The van der Waals surface area contributed by atoms with Gasteiger partial charge < -0.3 is 5.11 Å². The third-order valence-corrected chi connectivity index (χ3v) is 3.57. The number of urea groups is 1. The molecule has 1 aromatic carbocycles. The number of hydrogen-bond acceptors (Lipinski definition) is 5. The van der Waals surface area contributed by atoms with Gasteiger partial charge in [-0.25, -0.2) is 4.79 Å². The average molecular weight is 306 g/mol. The van der Waals surface area contributed by atoms with Crippen molar-refractivity contribution in [2.24, 2.45) is 0 Å². The fourth-order valence-electron chi connectivity index (χ4n) is 1.63. The molecule has 0 aliphatic rings.